The van der Waals surface area contributed by atoms with E-state index in [0.717, 1.165) is 50.5 Å². The maximum absolute atomic E-state index is 12.0. The fourth-order valence-electron chi connectivity index (χ4n) is 3.24. The van der Waals surface area contributed by atoms with Crippen molar-refractivity contribution in [3.8, 4) is 11.5 Å². The summed E-state index contributed by atoms with van der Waals surface area (Å²) in [5.41, 5.74) is 1.13. The predicted molar refractivity (Wildman–Crippen MR) is 102 cm³/mol. The van der Waals surface area contributed by atoms with Crippen LogP contribution in [0.2, 0.25) is 5.02 Å². The highest BCUT2D eigenvalue weighted by molar-refractivity contribution is 6.32. The van der Waals surface area contributed by atoms with Gasteiger partial charge in [-0.1, -0.05) is 18.5 Å². The van der Waals surface area contributed by atoms with E-state index in [1.165, 1.54) is 0 Å². The molecule has 0 spiro atoms. The van der Waals surface area contributed by atoms with E-state index in [1.54, 1.807) is 0 Å². The van der Waals surface area contributed by atoms with E-state index in [4.69, 9.17) is 21.1 Å². The van der Waals surface area contributed by atoms with Crippen molar-refractivity contribution in [1.82, 2.24) is 15.1 Å². The van der Waals surface area contributed by atoms with E-state index in [9.17, 15) is 4.79 Å². The van der Waals surface area contributed by atoms with Crippen LogP contribution in [0, 0.1) is 0 Å². The van der Waals surface area contributed by atoms with Gasteiger partial charge < -0.3 is 14.8 Å². The first-order valence-electron chi connectivity index (χ1n) is 9.37. The molecule has 1 amide bonds. The Morgan fingerprint density at radius 1 is 1.19 bits per heavy atom. The van der Waals surface area contributed by atoms with Crippen molar-refractivity contribution in [2.24, 2.45) is 0 Å². The monoisotopic (exact) mass is 381 g/mol. The fraction of sp³-hybridized carbons (Fsp3) is 0.632. The number of ether oxygens (including phenoxy) is 2. The number of amides is 1. The molecule has 7 heteroatoms. The molecule has 1 atom stereocenters. The molecule has 144 valence electrons. The Balaban J connectivity index is 1.48. The number of nitrogens with zero attached hydrogens (tertiary/aromatic N) is 2. The molecule has 2 heterocycles. The molecule has 1 unspecified atom stereocenters. The first-order chi connectivity index (χ1) is 12.5. The number of carbonyl (C=O) groups excluding carboxylic acids is 1. The summed E-state index contributed by atoms with van der Waals surface area (Å²) in [7, 11) is 0. The molecule has 3 rings (SSSR count). The summed E-state index contributed by atoms with van der Waals surface area (Å²) >= 11 is 6.32. The summed E-state index contributed by atoms with van der Waals surface area (Å²) in [6.07, 6.45) is 0.956. The van der Waals surface area contributed by atoms with Gasteiger partial charge in [0.2, 0.25) is 5.91 Å². The molecule has 1 N–H and O–H groups in total. The summed E-state index contributed by atoms with van der Waals surface area (Å²) in [6.45, 7) is 10.2. The normalized spacial score (nSPS) is 19.2. The molecule has 1 fully saturated rings. The van der Waals surface area contributed by atoms with E-state index in [0.29, 0.717) is 30.5 Å². The van der Waals surface area contributed by atoms with Crippen LogP contribution in [0.1, 0.15) is 25.8 Å². The van der Waals surface area contributed by atoms with Gasteiger partial charge in [-0.3, -0.25) is 14.6 Å². The van der Waals surface area contributed by atoms with Gasteiger partial charge in [-0.05, 0) is 31.0 Å². The average molecular weight is 382 g/mol. The average Bonchev–Trinajstić information content (AvgIpc) is 2.63. The van der Waals surface area contributed by atoms with Gasteiger partial charge in [0.1, 0.15) is 13.2 Å². The lowest BCUT2D eigenvalue weighted by Gasteiger charge is -2.34. The predicted octanol–water partition coefficient (Wildman–Crippen LogP) is 2.14. The lowest BCUT2D eigenvalue weighted by molar-refractivity contribution is -0.123. The number of carbonyl (C=O) groups is 1. The minimum absolute atomic E-state index is 0.117. The number of hydrogen-bond acceptors (Lipinski definition) is 5. The zero-order chi connectivity index (χ0) is 18.5. The molecule has 2 aliphatic rings. The molecular formula is C19H28ClN3O3. The van der Waals surface area contributed by atoms with Gasteiger partial charge in [-0.2, -0.15) is 0 Å². The van der Waals surface area contributed by atoms with Crippen molar-refractivity contribution < 1.29 is 14.3 Å². The lowest BCUT2D eigenvalue weighted by Crippen LogP contribution is -2.49. The quantitative estimate of drug-likeness (QED) is 0.818. The van der Waals surface area contributed by atoms with Crippen LogP contribution < -0.4 is 14.8 Å². The van der Waals surface area contributed by atoms with Crippen LogP contribution in [-0.2, 0) is 11.3 Å². The lowest BCUT2D eigenvalue weighted by atomic mass is 10.1. The topological polar surface area (TPSA) is 54.0 Å². The molecule has 1 aromatic rings. The second kappa shape index (κ2) is 8.93. The van der Waals surface area contributed by atoms with E-state index in [1.807, 2.05) is 19.1 Å². The molecule has 1 aromatic carbocycles. The third kappa shape index (κ3) is 5.02. The molecular weight excluding hydrogens is 354 g/mol. The number of hydrogen-bond donors (Lipinski definition) is 1. The highest BCUT2D eigenvalue weighted by Gasteiger charge is 2.21. The van der Waals surface area contributed by atoms with Gasteiger partial charge in [0.15, 0.2) is 11.5 Å². The maximum atomic E-state index is 12.0. The molecule has 0 bridgehead atoms. The van der Waals surface area contributed by atoms with E-state index in [2.05, 4.69) is 22.0 Å². The molecule has 6 nitrogen and oxygen atoms in total. The largest absolute Gasteiger partial charge is 0.486 e. The van der Waals surface area contributed by atoms with Crippen molar-refractivity contribution in [3.63, 3.8) is 0 Å². The Morgan fingerprint density at radius 3 is 2.62 bits per heavy atom. The molecule has 0 aromatic heterocycles. The summed E-state index contributed by atoms with van der Waals surface area (Å²) in [6, 6.07) is 4.22. The van der Waals surface area contributed by atoms with Crippen LogP contribution in [0.5, 0.6) is 11.5 Å². The Labute approximate surface area is 160 Å². The van der Waals surface area contributed by atoms with Gasteiger partial charge in [0, 0.05) is 38.8 Å². The minimum atomic E-state index is 0.117. The summed E-state index contributed by atoms with van der Waals surface area (Å²) < 4.78 is 11.2. The zero-order valence-electron chi connectivity index (χ0n) is 15.6. The van der Waals surface area contributed by atoms with E-state index < -0.39 is 0 Å². The van der Waals surface area contributed by atoms with Crippen LogP contribution in [0.4, 0.5) is 0 Å². The summed E-state index contributed by atoms with van der Waals surface area (Å²) in [4.78, 5) is 16.6. The van der Waals surface area contributed by atoms with Crippen LogP contribution in [0.3, 0.4) is 0 Å². The highest BCUT2D eigenvalue weighted by atomic mass is 35.5. The van der Waals surface area contributed by atoms with Crippen molar-refractivity contribution in [3.05, 3.63) is 22.7 Å². The van der Waals surface area contributed by atoms with Gasteiger partial charge >= 0.3 is 0 Å². The first-order valence-corrected chi connectivity index (χ1v) is 9.75. The Morgan fingerprint density at radius 2 is 1.88 bits per heavy atom. The molecule has 0 aliphatic carbocycles. The van der Waals surface area contributed by atoms with E-state index in [-0.39, 0.29) is 11.9 Å². The fourth-order valence-corrected chi connectivity index (χ4v) is 3.53. The van der Waals surface area contributed by atoms with Crippen molar-refractivity contribution in [1.29, 1.82) is 0 Å². The SMILES string of the molecule is CCC(C)NC(=O)CN1CCN(Cc2cc(Cl)c3c(c2)OCCO3)CC1. The Kier molecular flexibility index (Phi) is 6.62. The van der Waals surface area contributed by atoms with Crippen LogP contribution >= 0.6 is 11.6 Å². The number of rotatable bonds is 6. The molecule has 26 heavy (non-hydrogen) atoms. The second-order valence-corrected chi connectivity index (χ2v) is 7.44. The Hall–Kier alpha value is -1.50. The smallest absolute Gasteiger partial charge is 0.234 e. The van der Waals surface area contributed by atoms with Crippen molar-refractivity contribution in [2.45, 2.75) is 32.9 Å². The number of fused-ring (bicyclic) bond motifs is 1. The Bertz CT molecular complexity index is 633. The van der Waals surface area contributed by atoms with Crippen molar-refractivity contribution in [2.75, 3.05) is 45.9 Å². The zero-order valence-corrected chi connectivity index (χ0v) is 16.3. The number of piperazine rings is 1. The molecule has 0 saturated carbocycles. The van der Waals surface area contributed by atoms with E-state index >= 15 is 0 Å². The van der Waals surface area contributed by atoms with Gasteiger partial charge in [0.25, 0.3) is 0 Å². The highest BCUT2D eigenvalue weighted by Crippen LogP contribution is 2.38. The van der Waals surface area contributed by atoms with Crippen LogP contribution in [0.15, 0.2) is 12.1 Å². The van der Waals surface area contributed by atoms with Crippen LogP contribution in [0.25, 0.3) is 0 Å². The maximum Gasteiger partial charge on any atom is 0.234 e. The molecule has 2 aliphatic heterocycles. The van der Waals surface area contributed by atoms with Crippen molar-refractivity contribution >= 4 is 17.5 Å². The standard InChI is InChI=1S/C19H28ClN3O3/c1-3-14(2)21-18(24)13-23-6-4-22(5-7-23)12-15-10-16(20)19-17(11-15)25-8-9-26-19/h10-11,14H,3-9,12-13H2,1-2H3,(H,21,24). The van der Waals surface area contributed by atoms with Gasteiger partial charge in [-0.15, -0.1) is 0 Å². The second-order valence-electron chi connectivity index (χ2n) is 7.03. The third-order valence-electron chi connectivity index (χ3n) is 4.91. The number of halogens is 1. The number of benzene rings is 1. The van der Waals surface area contributed by atoms with Gasteiger partial charge in [0.05, 0.1) is 11.6 Å². The molecule has 0 radical (unpaired) electrons. The number of nitrogens with one attached hydrogen (secondary N) is 1. The third-order valence-corrected chi connectivity index (χ3v) is 5.20. The first kappa shape index (κ1) is 19.3. The summed E-state index contributed by atoms with van der Waals surface area (Å²) in [5, 5.41) is 3.64. The summed E-state index contributed by atoms with van der Waals surface area (Å²) in [5.74, 6) is 1.50. The minimum Gasteiger partial charge on any atom is -0.486 e. The van der Waals surface area contributed by atoms with Gasteiger partial charge in [-0.25, -0.2) is 0 Å². The van der Waals surface area contributed by atoms with Crippen LogP contribution in [-0.4, -0.2) is 67.7 Å². The molecule has 1 saturated heterocycles.